The molecular weight excluding hydrogens is 451 g/mol. The van der Waals surface area contributed by atoms with Crippen LogP contribution >= 0.6 is 24.0 Å². The van der Waals surface area contributed by atoms with Crippen LogP contribution in [0.5, 0.6) is 0 Å². The summed E-state index contributed by atoms with van der Waals surface area (Å²) in [5.74, 6) is 2.26. The molecule has 0 amide bonds. The van der Waals surface area contributed by atoms with Gasteiger partial charge in [0.2, 0.25) is 0 Å². The number of hydrogen-bond acceptors (Lipinski definition) is 3. The van der Waals surface area contributed by atoms with Gasteiger partial charge in [0.05, 0.1) is 13.2 Å². The van der Waals surface area contributed by atoms with Crippen LogP contribution < -0.4 is 5.32 Å². The predicted octanol–water partition coefficient (Wildman–Crippen LogP) is 3.03. The van der Waals surface area contributed by atoms with E-state index in [1.54, 1.807) is 0 Å². The number of nitrogens with one attached hydrogen (secondary N) is 1. The van der Waals surface area contributed by atoms with Crippen molar-refractivity contribution in [3.8, 4) is 0 Å². The number of guanidine groups is 1. The lowest BCUT2D eigenvalue weighted by Gasteiger charge is -2.37. The van der Waals surface area contributed by atoms with E-state index in [0.29, 0.717) is 17.9 Å². The highest BCUT2D eigenvalue weighted by Gasteiger charge is 2.28. The van der Waals surface area contributed by atoms with Gasteiger partial charge in [0, 0.05) is 51.7 Å². The van der Waals surface area contributed by atoms with Crippen molar-refractivity contribution in [2.24, 2.45) is 10.9 Å². The lowest BCUT2D eigenvalue weighted by Crippen LogP contribution is -2.53. The van der Waals surface area contributed by atoms with Gasteiger partial charge in [-0.2, -0.15) is 0 Å². The maximum absolute atomic E-state index is 5.52. The third-order valence-electron chi connectivity index (χ3n) is 5.72. The molecule has 2 atom stereocenters. The molecule has 2 heterocycles. The Labute approximate surface area is 181 Å². The molecule has 1 aromatic rings. The standard InChI is InChI=1S/C21H34N4O.HI/c1-17(2)20(24-11-13-26-14-12-24)15-23-21(22-3)25-10-9-19(16-25)18-7-5-4-6-8-18;/h4-8,17,19-20H,9-16H2,1-3H3,(H,22,23);1H. The average molecular weight is 486 g/mol. The Morgan fingerprint density at radius 2 is 1.89 bits per heavy atom. The fourth-order valence-corrected chi connectivity index (χ4v) is 4.17. The fraction of sp³-hybridized carbons (Fsp3) is 0.667. The van der Waals surface area contributed by atoms with Crippen LogP contribution in [-0.2, 0) is 4.74 Å². The van der Waals surface area contributed by atoms with Crippen LogP contribution in [0.15, 0.2) is 35.3 Å². The molecule has 2 unspecified atom stereocenters. The molecule has 2 fully saturated rings. The third kappa shape index (κ3) is 6.06. The predicted molar refractivity (Wildman–Crippen MR) is 123 cm³/mol. The van der Waals surface area contributed by atoms with Crippen LogP contribution in [-0.4, -0.2) is 74.8 Å². The Hall–Kier alpha value is -0.860. The number of morpholine rings is 1. The fourth-order valence-electron chi connectivity index (χ4n) is 4.17. The van der Waals surface area contributed by atoms with Gasteiger partial charge >= 0.3 is 0 Å². The molecule has 0 saturated carbocycles. The number of benzene rings is 1. The Morgan fingerprint density at radius 3 is 2.52 bits per heavy atom. The molecule has 6 heteroatoms. The van der Waals surface area contributed by atoms with E-state index < -0.39 is 0 Å². The summed E-state index contributed by atoms with van der Waals surface area (Å²) in [5, 5.41) is 3.66. The Bertz CT molecular complexity index is 575. The second-order valence-electron chi connectivity index (χ2n) is 7.73. The molecule has 2 aliphatic heterocycles. The van der Waals surface area contributed by atoms with Crippen LogP contribution in [0.25, 0.3) is 0 Å². The van der Waals surface area contributed by atoms with Crippen LogP contribution in [0, 0.1) is 5.92 Å². The first kappa shape index (κ1) is 22.4. The van der Waals surface area contributed by atoms with Crippen molar-refractivity contribution < 1.29 is 4.74 Å². The van der Waals surface area contributed by atoms with Crippen LogP contribution in [0.2, 0.25) is 0 Å². The van der Waals surface area contributed by atoms with Gasteiger partial charge in [-0.05, 0) is 17.9 Å². The highest BCUT2D eigenvalue weighted by Crippen LogP contribution is 2.26. The van der Waals surface area contributed by atoms with E-state index in [-0.39, 0.29) is 24.0 Å². The van der Waals surface area contributed by atoms with E-state index in [2.05, 4.69) is 64.3 Å². The zero-order chi connectivity index (χ0) is 18.4. The SMILES string of the molecule is CN=C(NCC(C(C)C)N1CCOCC1)N1CCC(c2ccccc2)C1.I. The van der Waals surface area contributed by atoms with Gasteiger partial charge in [-0.1, -0.05) is 44.2 Å². The Balaban J connectivity index is 0.00000261. The maximum atomic E-state index is 5.52. The lowest BCUT2D eigenvalue weighted by atomic mass is 9.99. The van der Waals surface area contributed by atoms with Crippen LogP contribution in [0.4, 0.5) is 0 Å². The molecule has 3 rings (SSSR count). The smallest absolute Gasteiger partial charge is 0.193 e. The van der Waals surface area contributed by atoms with E-state index in [1.165, 1.54) is 12.0 Å². The number of ether oxygens (including phenoxy) is 1. The number of aliphatic imine (C=N–C) groups is 1. The summed E-state index contributed by atoms with van der Waals surface area (Å²) in [6, 6.07) is 11.4. The summed E-state index contributed by atoms with van der Waals surface area (Å²) < 4.78 is 5.52. The minimum atomic E-state index is 0. The number of nitrogens with zero attached hydrogens (tertiary/aromatic N) is 3. The maximum Gasteiger partial charge on any atom is 0.193 e. The van der Waals surface area contributed by atoms with Crippen molar-refractivity contribution in [1.82, 2.24) is 15.1 Å². The van der Waals surface area contributed by atoms with Crippen molar-refractivity contribution in [1.29, 1.82) is 0 Å². The highest BCUT2D eigenvalue weighted by molar-refractivity contribution is 14.0. The molecule has 0 aliphatic carbocycles. The van der Waals surface area contributed by atoms with Crippen LogP contribution in [0.3, 0.4) is 0 Å². The monoisotopic (exact) mass is 486 g/mol. The first-order valence-electron chi connectivity index (χ1n) is 10.0. The summed E-state index contributed by atoms with van der Waals surface area (Å²) in [6.07, 6.45) is 1.20. The van der Waals surface area contributed by atoms with Crippen molar-refractivity contribution in [2.75, 3.05) is 53.0 Å². The quantitative estimate of drug-likeness (QED) is 0.395. The highest BCUT2D eigenvalue weighted by atomic mass is 127. The Morgan fingerprint density at radius 1 is 1.19 bits per heavy atom. The minimum absolute atomic E-state index is 0. The number of rotatable bonds is 5. The first-order chi connectivity index (χ1) is 12.7. The van der Waals surface area contributed by atoms with E-state index in [4.69, 9.17) is 4.74 Å². The van der Waals surface area contributed by atoms with Gasteiger partial charge in [0.15, 0.2) is 5.96 Å². The van der Waals surface area contributed by atoms with E-state index in [0.717, 1.165) is 51.9 Å². The van der Waals surface area contributed by atoms with Crippen LogP contribution in [0.1, 0.15) is 31.7 Å². The second-order valence-corrected chi connectivity index (χ2v) is 7.73. The van der Waals surface area contributed by atoms with E-state index in [9.17, 15) is 0 Å². The molecule has 0 radical (unpaired) electrons. The first-order valence-corrected chi connectivity index (χ1v) is 10.0. The number of likely N-dealkylation sites (tertiary alicyclic amines) is 1. The van der Waals surface area contributed by atoms with E-state index >= 15 is 0 Å². The molecule has 0 aromatic heterocycles. The molecule has 2 saturated heterocycles. The molecule has 0 bridgehead atoms. The minimum Gasteiger partial charge on any atom is -0.379 e. The lowest BCUT2D eigenvalue weighted by molar-refractivity contribution is 0.00742. The zero-order valence-corrected chi connectivity index (χ0v) is 19.3. The molecule has 27 heavy (non-hydrogen) atoms. The molecule has 1 N–H and O–H groups in total. The van der Waals surface area contributed by atoms with Gasteiger partial charge in [-0.15, -0.1) is 24.0 Å². The molecular formula is C21H35IN4O. The Kier molecular flexibility index (Phi) is 9.32. The summed E-state index contributed by atoms with van der Waals surface area (Å²) in [4.78, 5) is 9.53. The molecule has 1 aromatic carbocycles. The average Bonchev–Trinajstić information content (AvgIpc) is 3.16. The zero-order valence-electron chi connectivity index (χ0n) is 16.9. The summed E-state index contributed by atoms with van der Waals surface area (Å²) in [5.41, 5.74) is 1.44. The molecule has 152 valence electrons. The topological polar surface area (TPSA) is 40.1 Å². The molecule has 0 spiro atoms. The normalized spacial score (nSPS) is 22.6. The van der Waals surface area contributed by atoms with Crippen molar-refractivity contribution in [2.45, 2.75) is 32.2 Å². The molecule has 5 nitrogen and oxygen atoms in total. The number of hydrogen-bond donors (Lipinski definition) is 1. The summed E-state index contributed by atoms with van der Waals surface area (Å²) in [7, 11) is 1.90. The van der Waals surface area contributed by atoms with Gasteiger partial charge in [-0.25, -0.2) is 0 Å². The second kappa shape index (κ2) is 11.2. The molecule has 2 aliphatic rings. The van der Waals surface area contributed by atoms with Gasteiger partial charge in [-0.3, -0.25) is 9.89 Å². The summed E-state index contributed by atoms with van der Waals surface area (Å²) in [6.45, 7) is 11.4. The number of halogens is 1. The van der Waals surface area contributed by atoms with E-state index in [1.807, 2.05) is 7.05 Å². The van der Waals surface area contributed by atoms with Gasteiger partial charge in [0.25, 0.3) is 0 Å². The van der Waals surface area contributed by atoms with Crippen molar-refractivity contribution in [3.05, 3.63) is 35.9 Å². The summed E-state index contributed by atoms with van der Waals surface area (Å²) >= 11 is 0. The van der Waals surface area contributed by atoms with Gasteiger partial charge in [0.1, 0.15) is 0 Å². The third-order valence-corrected chi connectivity index (χ3v) is 5.72. The van der Waals surface area contributed by atoms with Crippen molar-refractivity contribution in [3.63, 3.8) is 0 Å². The van der Waals surface area contributed by atoms with Crippen molar-refractivity contribution >= 4 is 29.9 Å². The largest absolute Gasteiger partial charge is 0.379 e. The van der Waals surface area contributed by atoms with Gasteiger partial charge < -0.3 is 15.0 Å².